The van der Waals surface area contributed by atoms with Crippen molar-refractivity contribution in [3.63, 3.8) is 0 Å². The minimum absolute atomic E-state index is 0.0473. The van der Waals surface area contributed by atoms with Gasteiger partial charge in [-0.15, -0.1) is 0 Å². The molecule has 1 unspecified atom stereocenters. The number of hydrogen-bond acceptors (Lipinski definition) is 4. The Morgan fingerprint density at radius 1 is 1.19 bits per heavy atom. The quantitative estimate of drug-likeness (QED) is 0.771. The van der Waals surface area contributed by atoms with E-state index in [9.17, 15) is 9.59 Å². The molecule has 1 fully saturated rings. The molecule has 1 aliphatic rings. The van der Waals surface area contributed by atoms with E-state index in [4.69, 9.17) is 11.6 Å². The Hall–Kier alpha value is -2.40. The molecule has 2 heterocycles. The van der Waals surface area contributed by atoms with E-state index in [1.807, 2.05) is 25.1 Å². The van der Waals surface area contributed by atoms with Gasteiger partial charge in [0.25, 0.3) is 5.91 Å². The summed E-state index contributed by atoms with van der Waals surface area (Å²) < 4.78 is 0. The zero-order chi connectivity index (χ0) is 18.7. The Labute approximate surface area is 158 Å². The summed E-state index contributed by atoms with van der Waals surface area (Å²) in [5.41, 5.74) is 1.15. The highest BCUT2D eigenvalue weighted by Crippen LogP contribution is 2.24. The summed E-state index contributed by atoms with van der Waals surface area (Å²) in [5, 5.41) is 0.548. The van der Waals surface area contributed by atoms with E-state index in [1.54, 1.807) is 41.4 Å². The molecule has 1 amide bonds. The molecule has 0 radical (unpaired) electrons. The van der Waals surface area contributed by atoms with E-state index >= 15 is 0 Å². The first-order valence-corrected chi connectivity index (χ1v) is 9.06. The van der Waals surface area contributed by atoms with Crippen LogP contribution >= 0.6 is 11.6 Å². The van der Waals surface area contributed by atoms with Crippen LogP contribution in [0.4, 0.5) is 5.82 Å². The Morgan fingerprint density at radius 3 is 2.65 bits per heavy atom. The minimum Gasteiger partial charge on any atom is -0.363 e. The number of Topliss-reactive ketones (excluding diaryl/α,β-unsaturated/α-hetero) is 1. The molecule has 26 heavy (non-hydrogen) atoms. The van der Waals surface area contributed by atoms with Gasteiger partial charge < -0.3 is 9.80 Å². The van der Waals surface area contributed by atoms with Crippen LogP contribution in [0.25, 0.3) is 0 Å². The highest BCUT2D eigenvalue weighted by Gasteiger charge is 2.29. The van der Waals surface area contributed by atoms with Crippen LogP contribution in [0.15, 0.2) is 42.6 Å². The normalized spacial score (nSPS) is 17.0. The lowest BCUT2D eigenvalue weighted by molar-refractivity contribution is 0.0636. The Bertz CT molecular complexity index is 805. The smallest absolute Gasteiger partial charge is 0.255 e. The summed E-state index contributed by atoms with van der Waals surface area (Å²) in [4.78, 5) is 33.5. The van der Waals surface area contributed by atoms with Crippen molar-refractivity contribution < 1.29 is 9.59 Å². The number of amides is 1. The summed E-state index contributed by atoms with van der Waals surface area (Å²) in [6.45, 7) is 1.09. The second kappa shape index (κ2) is 7.87. The molecule has 1 aliphatic heterocycles. The molecule has 0 aliphatic carbocycles. The number of ketones is 1. The van der Waals surface area contributed by atoms with E-state index in [-0.39, 0.29) is 17.6 Å². The molecule has 6 heteroatoms. The number of rotatable bonds is 4. The van der Waals surface area contributed by atoms with Crippen LogP contribution in [0.5, 0.6) is 0 Å². The molecule has 3 rings (SSSR count). The number of anilines is 1. The number of benzene rings is 1. The highest BCUT2D eigenvalue weighted by atomic mass is 35.5. The number of piperidine rings is 1. The molecule has 1 aromatic carbocycles. The number of aromatic nitrogens is 1. The lowest BCUT2D eigenvalue weighted by Gasteiger charge is -2.32. The minimum atomic E-state index is -0.194. The number of halogens is 1. The molecule has 0 bridgehead atoms. The molecular formula is C20H22ClN3O2. The molecule has 0 N–H and O–H groups in total. The summed E-state index contributed by atoms with van der Waals surface area (Å²) in [7, 11) is 3.81. The standard InChI is InChI=1S/C20H22ClN3O2/c1-23(2)18-9-8-15(12-22-18)20(26)24-10-4-6-16(13-24)19(25)14-5-3-7-17(21)11-14/h3,5,7-9,11-12,16H,4,6,10,13H2,1-2H3. The van der Waals surface area contributed by atoms with Crippen LogP contribution in [0, 0.1) is 5.92 Å². The molecule has 1 aromatic heterocycles. The summed E-state index contributed by atoms with van der Waals surface area (Å²) in [6.07, 6.45) is 3.19. The predicted octanol–water partition coefficient (Wildman–Crippen LogP) is 3.54. The van der Waals surface area contributed by atoms with Gasteiger partial charge in [-0.1, -0.05) is 23.7 Å². The average Bonchev–Trinajstić information content (AvgIpc) is 2.67. The zero-order valence-electron chi connectivity index (χ0n) is 15.0. The maximum Gasteiger partial charge on any atom is 0.255 e. The van der Waals surface area contributed by atoms with Crippen LogP contribution in [0.3, 0.4) is 0 Å². The number of likely N-dealkylation sites (tertiary alicyclic amines) is 1. The zero-order valence-corrected chi connectivity index (χ0v) is 15.7. The van der Waals surface area contributed by atoms with Gasteiger partial charge in [-0.3, -0.25) is 9.59 Å². The van der Waals surface area contributed by atoms with Crippen LogP contribution in [0.1, 0.15) is 33.6 Å². The monoisotopic (exact) mass is 371 g/mol. The van der Waals surface area contributed by atoms with E-state index < -0.39 is 0 Å². The average molecular weight is 372 g/mol. The van der Waals surface area contributed by atoms with E-state index in [2.05, 4.69) is 4.98 Å². The Morgan fingerprint density at radius 2 is 2.00 bits per heavy atom. The van der Waals surface area contributed by atoms with Crippen LogP contribution < -0.4 is 4.90 Å². The van der Waals surface area contributed by atoms with Crippen molar-refractivity contribution in [1.82, 2.24) is 9.88 Å². The van der Waals surface area contributed by atoms with Gasteiger partial charge in [0, 0.05) is 49.9 Å². The molecule has 0 saturated carbocycles. The van der Waals surface area contributed by atoms with E-state index in [0.717, 1.165) is 18.7 Å². The summed E-state index contributed by atoms with van der Waals surface area (Å²) in [6, 6.07) is 10.6. The fraction of sp³-hybridized carbons (Fsp3) is 0.350. The summed E-state index contributed by atoms with van der Waals surface area (Å²) in [5.74, 6) is 0.576. The van der Waals surface area contributed by atoms with Gasteiger partial charge in [0.2, 0.25) is 0 Å². The number of pyridine rings is 1. The number of nitrogens with zero attached hydrogens (tertiary/aromatic N) is 3. The number of carbonyl (C=O) groups excluding carboxylic acids is 2. The Balaban J connectivity index is 1.71. The second-order valence-corrected chi connectivity index (χ2v) is 7.20. The van der Waals surface area contributed by atoms with E-state index in [1.165, 1.54) is 0 Å². The third-order valence-corrected chi connectivity index (χ3v) is 4.88. The van der Waals surface area contributed by atoms with Gasteiger partial charge in [0.1, 0.15) is 5.82 Å². The number of hydrogen-bond donors (Lipinski definition) is 0. The van der Waals surface area contributed by atoms with Gasteiger partial charge in [-0.2, -0.15) is 0 Å². The van der Waals surface area contributed by atoms with Gasteiger partial charge in [0.05, 0.1) is 5.56 Å². The molecular weight excluding hydrogens is 350 g/mol. The van der Waals surface area contributed by atoms with Crippen LogP contribution in [-0.4, -0.2) is 48.8 Å². The maximum atomic E-state index is 12.8. The first-order chi connectivity index (χ1) is 12.5. The first kappa shape index (κ1) is 18.4. The lowest BCUT2D eigenvalue weighted by atomic mass is 9.90. The highest BCUT2D eigenvalue weighted by molar-refractivity contribution is 6.31. The molecule has 5 nitrogen and oxygen atoms in total. The second-order valence-electron chi connectivity index (χ2n) is 6.76. The fourth-order valence-electron chi connectivity index (χ4n) is 3.21. The molecule has 136 valence electrons. The van der Waals surface area contributed by atoms with Crippen molar-refractivity contribution >= 4 is 29.1 Å². The van der Waals surface area contributed by atoms with Gasteiger partial charge in [-0.05, 0) is 37.1 Å². The predicted molar refractivity (Wildman–Crippen MR) is 103 cm³/mol. The fourth-order valence-corrected chi connectivity index (χ4v) is 3.40. The third kappa shape index (κ3) is 4.05. The maximum absolute atomic E-state index is 12.8. The third-order valence-electron chi connectivity index (χ3n) is 4.64. The molecule has 0 spiro atoms. The van der Waals surface area contributed by atoms with Crippen LogP contribution in [0.2, 0.25) is 5.02 Å². The van der Waals surface area contributed by atoms with Crippen molar-refractivity contribution in [3.8, 4) is 0 Å². The first-order valence-electron chi connectivity index (χ1n) is 8.68. The van der Waals surface area contributed by atoms with Crippen molar-refractivity contribution in [2.24, 2.45) is 5.92 Å². The van der Waals surface area contributed by atoms with Crippen molar-refractivity contribution in [1.29, 1.82) is 0 Å². The van der Waals surface area contributed by atoms with Gasteiger partial charge in [0.15, 0.2) is 5.78 Å². The van der Waals surface area contributed by atoms with Crippen molar-refractivity contribution in [3.05, 3.63) is 58.7 Å². The SMILES string of the molecule is CN(C)c1ccc(C(=O)N2CCCC(C(=O)c3cccc(Cl)c3)C2)cn1. The topological polar surface area (TPSA) is 53.5 Å². The molecule has 1 saturated heterocycles. The van der Waals surface area contributed by atoms with E-state index in [0.29, 0.717) is 29.2 Å². The lowest BCUT2D eigenvalue weighted by Crippen LogP contribution is -2.42. The largest absolute Gasteiger partial charge is 0.363 e. The Kier molecular flexibility index (Phi) is 5.57. The van der Waals surface area contributed by atoms with Gasteiger partial charge in [-0.25, -0.2) is 4.98 Å². The summed E-state index contributed by atoms with van der Waals surface area (Å²) >= 11 is 5.99. The van der Waals surface area contributed by atoms with Crippen molar-refractivity contribution in [2.75, 3.05) is 32.1 Å². The van der Waals surface area contributed by atoms with Gasteiger partial charge >= 0.3 is 0 Å². The molecule has 1 atom stereocenters. The van der Waals surface area contributed by atoms with Crippen LogP contribution in [-0.2, 0) is 0 Å². The van der Waals surface area contributed by atoms with Crippen molar-refractivity contribution in [2.45, 2.75) is 12.8 Å². The molecule has 2 aromatic rings. The number of carbonyl (C=O) groups is 2.